The zero-order valence-electron chi connectivity index (χ0n) is 12.2. The number of phosphoric ester groups is 1. The second kappa shape index (κ2) is 7.12. The molecule has 0 spiro atoms. The van der Waals surface area contributed by atoms with Crippen LogP contribution >= 0.6 is 7.82 Å². The van der Waals surface area contributed by atoms with Gasteiger partial charge in [0.05, 0.1) is 18.7 Å². The van der Waals surface area contributed by atoms with Gasteiger partial charge in [0.2, 0.25) is 0 Å². The maximum absolute atomic E-state index is 10.9. The first-order chi connectivity index (χ1) is 10.9. The summed E-state index contributed by atoms with van der Waals surface area (Å²) in [6, 6.07) is 13.8. The van der Waals surface area contributed by atoms with Crippen LogP contribution in [0, 0.1) is 11.3 Å². The first-order valence-electron chi connectivity index (χ1n) is 6.53. The predicted octanol–water partition coefficient (Wildman–Crippen LogP) is 3.21. The van der Waals surface area contributed by atoms with Crippen LogP contribution in [0.25, 0.3) is 12.2 Å². The van der Waals surface area contributed by atoms with Crippen LogP contribution in [0.2, 0.25) is 0 Å². The zero-order chi connectivity index (χ0) is 16.9. The first-order valence-corrected chi connectivity index (χ1v) is 8.06. The van der Waals surface area contributed by atoms with Crippen molar-refractivity contribution in [2.45, 2.75) is 0 Å². The molecule has 2 aromatic carbocycles. The van der Waals surface area contributed by atoms with Gasteiger partial charge in [-0.2, -0.15) is 5.26 Å². The van der Waals surface area contributed by atoms with E-state index in [0.717, 1.165) is 11.1 Å². The van der Waals surface area contributed by atoms with Crippen LogP contribution in [0.3, 0.4) is 0 Å². The van der Waals surface area contributed by atoms with Crippen LogP contribution < -0.4 is 9.26 Å². The van der Waals surface area contributed by atoms with Gasteiger partial charge in [0.1, 0.15) is 0 Å². The van der Waals surface area contributed by atoms with E-state index >= 15 is 0 Å². The van der Waals surface area contributed by atoms with Crippen molar-refractivity contribution in [2.24, 2.45) is 0 Å². The molecule has 2 aromatic rings. The summed E-state index contributed by atoms with van der Waals surface area (Å²) in [6.45, 7) is 0. The number of phosphoric acid groups is 1. The van der Waals surface area contributed by atoms with Gasteiger partial charge in [-0.3, -0.25) is 9.79 Å². The highest BCUT2D eigenvalue weighted by Crippen LogP contribution is 2.42. The molecule has 0 aliphatic heterocycles. The van der Waals surface area contributed by atoms with Gasteiger partial charge in [-0.15, -0.1) is 0 Å². The topological polar surface area (TPSA) is 99.8 Å². The Morgan fingerprint density at radius 2 is 1.65 bits per heavy atom. The lowest BCUT2D eigenvalue weighted by Gasteiger charge is -2.11. The lowest BCUT2D eigenvalue weighted by molar-refractivity contribution is 0.276. The van der Waals surface area contributed by atoms with Crippen LogP contribution in [0.1, 0.15) is 16.7 Å². The van der Waals surface area contributed by atoms with Gasteiger partial charge in [-0.1, -0.05) is 30.4 Å². The summed E-state index contributed by atoms with van der Waals surface area (Å²) in [6.07, 6.45) is 3.66. The second-order valence-corrected chi connectivity index (χ2v) is 5.72. The number of ether oxygens (including phenoxy) is 1. The molecule has 2 rings (SSSR count). The van der Waals surface area contributed by atoms with E-state index in [9.17, 15) is 4.57 Å². The number of hydrogen-bond donors (Lipinski definition) is 2. The molecule has 0 radical (unpaired) electrons. The van der Waals surface area contributed by atoms with Crippen molar-refractivity contribution >= 4 is 20.0 Å². The van der Waals surface area contributed by atoms with Crippen molar-refractivity contribution in [2.75, 3.05) is 7.11 Å². The Bertz CT molecular complexity index is 802. The van der Waals surface area contributed by atoms with Crippen molar-refractivity contribution < 1.29 is 23.6 Å². The van der Waals surface area contributed by atoms with Crippen molar-refractivity contribution in [3.63, 3.8) is 0 Å². The van der Waals surface area contributed by atoms with Crippen LogP contribution in [0.5, 0.6) is 11.5 Å². The molecule has 0 unspecified atom stereocenters. The second-order valence-electron chi connectivity index (χ2n) is 4.56. The minimum absolute atomic E-state index is 0.0312. The summed E-state index contributed by atoms with van der Waals surface area (Å²) in [7, 11) is -3.25. The van der Waals surface area contributed by atoms with Gasteiger partial charge in [0.15, 0.2) is 11.5 Å². The van der Waals surface area contributed by atoms with Gasteiger partial charge in [-0.25, -0.2) is 4.57 Å². The molecule has 7 heteroatoms. The number of nitriles is 1. The summed E-state index contributed by atoms with van der Waals surface area (Å²) in [5.41, 5.74) is 2.27. The maximum atomic E-state index is 10.9. The monoisotopic (exact) mass is 331 g/mol. The molecule has 0 aliphatic rings. The number of methoxy groups -OCH3 is 1. The Balaban J connectivity index is 2.21. The van der Waals surface area contributed by atoms with Gasteiger partial charge in [0, 0.05) is 0 Å². The summed E-state index contributed by atoms with van der Waals surface area (Å²) in [4.78, 5) is 17.7. The van der Waals surface area contributed by atoms with E-state index in [4.69, 9.17) is 19.8 Å². The Labute approximate surface area is 133 Å². The van der Waals surface area contributed by atoms with Crippen LogP contribution in [-0.2, 0) is 4.57 Å². The van der Waals surface area contributed by atoms with Crippen molar-refractivity contribution in [3.8, 4) is 17.6 Å². The Morgan fingerprint density at radius 3 is 2.22 bits per heavy atom. The van der Waals surface area contributed by atoms with Crippen LogP contribution in [0.15, 0.2) is 42.5 Å². The van der Waals surface area contributed by atoms with Crippen molar-refractivity contribution in [3.05, 3.63) is 59.2 Å². The summed E-state index contributed by atoms with van der Waals surface area (Å²) in [5.74, 6) is 0.187. The Hall–Kier alpha value is -2.58. The molecule has 0 atom stereocenters. The van der Waals surface area contributed by atoms with Crippen LogP contribution in [0.4, 0.5) is 0 Å². The molecule has 0 saturated carbocycles. The van der Waals surface area contributed by atoms with E-state index in [0.29, 0.717) is 5.56 Å². The first kappa shape index (κ1) is 16.8. The van der Waals surface area contributed by atoms with E-state index in [1.807, 2.05) is 30.4 Å². The minimum atomic E-state index is -4.64. The standard InChI is InChI=1S/C16H14NO5P/c1-21-16-10-13(8-9-15(16)22-23(18,19)20)5-2-12-3-6-14(11-17)7-4-12/h2-10H,1H3,(H2,18,19,20). The quantitative estimate of drug-likeness (QED) is 0.644. The molecule has 0 saturated heterocycles. The zero-order valence-corrected chi connectivity index (χ0v) is 13.1. The average molecular weight is 331 g/mol. The SMILES string of the molecule is COc1cc(C=Cc2ccc(C#N)cc2)ccc1OP(=O)(O)O. The molecule has 2 N–H and O–H groups in total. The number of rotatable bonds is 5. The van der Waals surface area contributed by atoms with E-state index in [1.54, 1.807) is 24.3 Å². The molecular weight excluding hydrogens is 317 g/mol. The number of hydrogen-bond acceptors (Lipinski definition) is 4. The maximum Gasteiger partial charge on any atom is 0.524 e. The number of benzene rings is 2. The Kier molecular flexibility index (Phi) is 5.20. The number of nitrogens with zero attached hydrogens (tertiary/aromatic N) is 1. The Morgan fingerprint density at radius 1 is 1.04 bits per heavy atom. The highest BCUT2D eigenvalue weighted by atomic mass is 31.2. The van der Waals surface area contributed by atoms with E-state index in [1.165, 1.54) is 13.2 Å². The molecule has 0 amide bonds. The minimum Gasteiger partial charge on any atom is -0.493 e. The lowest BCUT2D eigenvalue weighted by Crippen LogP contribution is -1.94. The van der Waals surface area contributed by atoms with Gasteiger partial charge < -0.3 is 9.26 Å². The highest BCUT2D eigenvalue weighted by molar-refractivity contribution is 7.46. The fourth-order valence-corrected chi connectivity index (χ4v) is 2.26. The molecule has 0 aliphatic carbocycles. The summed E-state index contributed by atoms with van der Waals surface area (Å²) >= 11 is 0. The predicted molar refractivity (Wildman–Crippen MR) is 85.8 cm³/mol. The fourth-order valence-electron chi connectivity index (χ4n) is 1.85. The lowest BCUT2D eigenvalue weighted by atomic mass is 10.1. The molecular formula is C16H14NO5P. The smallest absolute Gasteiger partial charge is 0.493 e. The molecule has 0 heterocycles. The van der Waals surface area contributed by atoms with Gasteiger partial charge in [0.25, 0.3) is 0 Å². The molecule has 6 nitrogen and oxygen atoms in total. The molecule has 118 valence electrons. The normalized spacial score (nSPS) is 11.2. The van der Waals surface area contributed by atoms with E-state index in [-0.39, 0.29) is 11.5 Å². The summed E-state index contributed by atoms with van der Waals surface area (Å²) < 4.78 is 20.5. The molecule has 0 bridgehead atoms. The van der Waals surface area contributed by atoms with E-state index in [2.05, 4.69) is 4.52 Å². The highest BCUT2D eigenvalue weighted by Gasteiger charge is 2.18. The summed E-state index contributed by atoms with van der Waals surface area (Å²) in [5, 5.41) is 8.75. The van der Waals surface area contributed by atoms with E-state index < -0.39 is 7.82 Å². The van der Waals surface area contributed by atoms with Crippen molar-refractivity contribution in [1.82, 2.24) is 0 Å². The third-order valence-electron chi connectivity index (χ3n) is 2.91. The molecule has 0 fully saturated rings. The van der Waals surface area contributed by atoms with Gasteiger partial charge in [-0.05, 0) is 35.4 Å². The fraction of sp³-hybridized carbons (Fsp3) is 0.0625. The third kappa shape index (κ3) is 4.97. The molecule has 0 aromatic heterocycles. The van der Waals surface area contributed by atoms with Crippen molar-refractivity contribution in [1.29, 1.82) is 5.26 Å². The van der Waals surface area contributed by atoms with Crippen LogP contribution in [-0.4, -0.2) is 16.9 Å². The largest absolute Gasteiger partial charge is 0.524 e. The van der Waals surface area contributed by atoms with Gasteiger partial charge >= 0.3 is 7.82 Å². The molecule has 23 heavy (non-hydrogen) atoms. The average Bonchev–Trinajstić information content (AvgIpc) is 2.53. The third-order valence-corrected chi connectivity index (χ3v) is 3.35.